The number of nitrogens with zero attached hydrogens (tertiary/aromatic N) is 3. The minimum Gasteiger partial charge on any atom is -0.403 e. The number of fused-ring (bicyclic) bond motifs is 1. The van der Waals surface area contributed by atoms with Crippen LogP contribution < -0.4 is 11.1 Å². The van der Waals surface area contributed by atoms with E-state index in [0.717, 1.165) is 66.1 Å². The topological polar surface area (TPSA) is 84.1 Å². The van der Waals surface area contributed by atoms with E-state index >= 15 is 0 Å². The number of aryl methyl sites for hydroxylation is 2. The molecule has 6 nitrogen and oxygen atoms in total. The highest BCUT2D eigenvalue weighted by molar-refractivity contribution is 7.09. The van der Waals surface area contributed by atoms with Crippen molar-refractivity contribution >= 4 is 40.4 Å². The first-order valence-electron chi connectivity index (χ1n) is 12.4. The van der Waals surface area contributed by atoms with Crippen LogP contribution in [0.1, 0.15) is 52.0 Å². The van der Waals surface area contributed by atoms with E-state index in [1.807, 2.05) is 31.3 Å². The van der Waals surface area contributed by atoms with Gasteiger partial charge >= 0.3 is 0 Å². The lowest BCUT2D eigenvalue weighted by atomic mass is 9.90. The van der Waals surface area contributed by atoms with E-state index < -0.39 is 5.91 Å². The molecule has 1 atom stereocenters. The number of halogens is 2. The Kier molecular flexibility index (Phi) is 9.74. The fraction of sp³-hybridized carbons (Fsp3) is 0.276. The molecule has 4 rings (SSSR count). The van der Waals surface area contributed by atoms with Crippen LogP contribution >= 0.6 is 34.5 Å². The Morgan fingerprint density at radius 2 is 2.08 bits per heavy atom. The summed E-state index contributed by atoms with van der Waals surface area (Å²) in [4.78, 5) is 24.8. The van der Waals surface area contributed by atoms with Crippen molar-refractivity contribution in [1.29, 1.82) is 0 Å². The normalized spacial score (nSPS) is 16.1. The SMILES string of the molecule is C=C/C(Cl)=C(C(=O)NCc1cccc(CN(Cc2csc(C)n2)C2CCCc3cccnc32)c1)\C(Cl)=C/N. The molecule has 0 bridgehead atoms. The third kappa shape index (κ3) is 6.91. The second-order valence-electron chi connectivity index (χ2n) is 9.16. The molecule has 0 fully saturated rings. The molecule has 0 aliphatic heterocycles. The van der Waals surface area contributed by atoms with Gasteiger partial charge < -0.3 is 11.1 Å². The van der Waals surface area contributed by atoms with Crippen LogP contribution in [0.4, 0.5) is 0 Å². The first-order chi connectivity index (χ1) is 18.4. The number of benzene rings is 1. The molecule has 2 heterocycles. The lowest BCUT2D eigenvalue weighted by molar-refractivity contribution is -0.117. The second-order valence-corrected chi connectivity index (χ2v) is 11.0. The largest absolute Gasteiger partial charge is 0.403 e. The smallest absolute Gasteiger partial charge is 0.254 e. The average molecular weight is 569 g/mol. The molecule has 1 unspecified atom stereocenters. The van der Waals surface area contributed by atoms with E-state index in [9.17, 15) is 4.79 Å². The number of allylic oxidation sites excluding steroid dienone is 2. The van der Waals surface area contributed by atoms with Crippen LogP contribution in [0.2, 0.25) is 0 Å². The zero-order valence-electron chi connectivity index (χ0n) is 21.3. The van der Waals surface area contributed by atoms with E-state index in [1.54, 1.807) is 11.3 Å². The maximum Gasteiger partial charge on any atom is 0.254 e. The van der Waals surface area contributed by atoms with Crippen molar-refractivity contribution < 1.29 is 4.79 Å². The van der Waals surface area contributed by atoms with Crippen LogP contribution in [-0.4, -0.2) is 20.8 Å². The van der Waals surface area contributed by atoms with Crippen LogP contribution in [0.25, 0.3) is 0 Å². The minimum absolute atomic E-state index is 0.0652. The summed E-state index contributed by atoms with van der Waals surface area (Å²) in [7, 11) is 0. The van der Waals surface area contributed by atoms with Gasteiger partial charge in [0.2, 0.25) is 0 Å². The Morgan fingerprint density at radius 3 is 2.82 bits per heavy atom. The molecular formula is C29H31Cl2N5OS. The van der Waals surface area contributed by atoms with Gasteiger partial charge in [0.1, 0.15) is 0 Å². The predicted molar refractivity (Wildman–Crippen MR) is 156 cm³/mol. The zero-order chi connectivity index (χ0) is 27.1. The van der Waals surface area contributed by atoms with Crippen LogP contribution in [-0.2, 0) is 30.8 Å². The standard InChI is InChI=1S/C29H31Cl2N5OS/c1-3-24(30)27(25(31)14-32)29(37)34-15-20-7-4-8-21(13-20)16-36(17-23-18-38-19(2)35-23)26-11-5-9-22-10-6-12-33-28(22)26/h3-4,6-8,10,12-14,18,26H,1,5,9,11,15-17,32H2,2H3,(H,34,37)/b25-14+,27-24-. The molecule has 1 amide bonds. The lowest BCUT2D eigenvalue weighted by Gasteiger charge is -2.35. The fourth-order valence-corrected chi connectivity index (χ4v) is 5.79. The highest BCUT2D eigenvalue weighted by Crippen LogP contribution is 2.35. The number of nitrogens with one attached hydrogen (secondary N) is 1. The Balaban J connectivity index is 1.54. The number of pyridine rings is 1. The molecule has 0 radical (unpaired) electrons. The number of rotatable bonds is 10. The van der Waals surface area contributed by atoms with Gasteiger partial charge in [-0.25, -0.2) is 4.98 Å². The maximum absolute atomic E-state index is 12.8. The number of hydrogen-bond donors (Lipinski definition) is 2. The molecule has 0 saturated heterocycles. The van der Waals surface area contributed by atoms with Gasteiger partial charge in [0.05, 0.1) is 38.1 Å². The highest BCUT2D eigenvalue weighted by atomic mass is 35.5. The lowest BCUT2D eigenvalue weighted by Crippen LogP contribution is -2.31. The Labute approximate surface area is 237 Å². The minimum atomic E-state index is -0.419. The van der Waals surface area contributed by atoms with Crippen molar-refractivity contribution in [2.24, 2.45) is 5.73 Å². The molecule has 9 heteroatoms. The summed E-state index contributed by atoms with van der Waals surface area (Å²) < 4.78 is 0. The van der Waals surface area contributed by atoms with Crippen molar-refractivity contribution in [1.82, 2.24) is 20.2 Å². The van der Waals surface area contributed by atoms with Crippen LogP contribution in [0.15, 0.2) is 82.5 Å². The predicted octanol–water partition coefficient (Wildman–Crippen LogP) is 6.26. The molecule has 3 N–H and O–H groups in total. The quantitative estimate of drug-likeness (QED) is 0.223. The summed E-state index contributed by atoms with van der Waals surface area (Å²) >= 11 is 13.9. The van der Waals surface area contributed by atoms with E-state index in [4.69, 9.17) is 38.9 Å². The van der Waals surface area contributed by atoms with Gasteiger partial charge in [0.25, 0.3) is 5.91 Å². The molecule has 1 aliphatic carbocycles. The number of nitrogens with two attached hydrogens (primary N) is 1. The maximum atomic E-state index is 12.8. The van der Waals surface area contributed by atoms with Crippen molar-refractivity contribution in [3.05, 3.63) is 116 Å². The van der Waals surface area contributed by atoms with Gasteiger partial charge in [-0.1, -0.05) is 60.1 Å². The zero-order valence-corrected chi connectivity index (χ0v) is 23.6. The molecule has 198 valence electrons. The number of amides is 1. The molecule has 2 aromatic heterocycles. The molecule has 3 aromatic rings. The average Bonchev–Trinajstić information content (AvgIpc) is 3.35. The molecule has 0 spiro atoms. The number of aromatic nitrogens is 2. The van der Waals surface area contributed by atoms with Crippen molar-refractivity contribution in [2.75, 3.05) is 0 Å². The Bertz CT molecular complexity index is 1370. The van der Waals surface area contributed by atoms with Crippen LogP contribution in [0.5, 0.6) is 0 Å². The van der Waals surface area contributed by atoms with Gasteiger partial charge in [0, 0.05) is 37.4 Å². The summed E-state index contributed by atoms with van der Waals surface area (Å²) in [5, 5.41) is 6.29. The number of carbonyl (C=O) groups is 1. The van der Waals surface area contributed by atoms with Gasteiger partial charge in [0.15, 0.2) is 0 Å². The van der Waals surface area contributed by atoms with E-state index in [0.29, 0.717) is 6.54 Å². The summed E-state index contributed by atoms with van der Waals surface area (Å²) in [6.45, 7) is 7.43. The fourth-order valence-electron chi connectivity index (χ4n) is 4.77. The van der Waals surface area contributed by atoms with Gasteiger partial charge in [-0.05, 0) is 55.0 Å². The van der Waals surface area contributed by atoms with Crippen molar-refractivity contribution in [2.45, 2.75) is 51.9 Å². The number of thiazole rings is 1. The van der Waals surface area contributed by atoms with Gasteiger partial charge in [-0.15, -0.1) is 11.3 Å². The molecule has 0 saturated carbocycles. The van der Waals surface area contributed by atoms with E-state index in [1.165, 1.54) is 11.6 Å². The number of hydrogen-bond acceptors (Lipinski definition) is 6. The third-order valence-electron chi connectivity index (χ3n) is 6.50. The summed E-state index contributed by atoms with van der Waals surface area (Å²) in [6, 6.07) is 12.6. The van der Waals surface area contributed by atoms with E-state index in [2.05, 4.69) is 40.4 Å². The highest BCUT2D eigenvalue weighted by Gasteiger charge is 2.28. The van der Waals surface area contributed by atoms with Gasteiger partial charge in [-0.2, -0.15) is 0 Å². The van der Waals surface area contributed by atoms with Gasteiger partial charge in [-0.3, -0.25) is 14.7 Å². The summed E-state index contributed by atoms with van der Waals surface area (Å²) in [5.41, 5.74) is 11.3. The first-order valence-corrected chi connectivity index (χ1v) is 14.1. The molecule has 1 aliphatic rings. The monoisotopic (exact) mass is 567 g/mol. The second kappa shape index (κ2) is 13.2. The Hall–Kier alpha value is -2.97. The summed E-state index contributed by atoms with van der Waals surface area (Å²) in [6.07, 6.45) is 7.63. The first kappa shape index (κ1) is 28.0. The molecule has 1 aromatic carbocycles. The van der Waals surface area contributed by atoms with Crippen molar-refractivity contribution in [3.8, 4) is 0 Å². The van der Waals surface area contributed by atoms with Crippen LogP contribution in [0, 0.1) is 6.92 Å². The number of carbonyl (C=O) groups excluding carboxylic acids is 1. The molecular weight excluding hydrogens is 537 g/mol. The van der Waals surface area contributed by atoms with Crippen molar-refractivity contribution in [3.63, 3.8) is 0 Å². The molecule has 38 heavy (non-hydrogen) atoms. The van der Waals surface area contributed by atoms with Crippen LogP contribution in [0.3, 0.4) is 0 Å². The van der Waals surface area contributed by atoms with E-state index in [-0.39, 0.29) is 21.7 Å². The Morgan fingerprint density at radius 1 is 1.26 bits per heavy atom. The third-order valence-corrected chi connectivity index (χ3v) is 7.98. The summed E-state index contributed by atoms with van der Waals surface area (Å²) in [5.74, 6) is -0.419.